The third kappa shape index (κ3) is 1.77. The van der Waals surface area contributed by atoms with Gasteiger partial charge < -0.3 is 9.47 Å². The fourth-order valence-corrected chi connectivity index (χ4v) is 1.76. The van der Waals surface area contributed by atoms with Crippen LogP contribution in [0.4, 0.5) is 0 Å². The maximum Gasteiger partial charge on any atom is 0.273 e. The van der Waals surface area contributed by atoms with Gasteiger partial charge in [-0.05, 0) is 6.42 Å². The topological polar surface area (TPSA) is 55.2 Å². The lowest BCUT2D eigenvalue weighted by atomic mass is 10.2. The van der Waals surface area contributed by atoms with Gasteiger partial charge in [-0.1, -0.05) is 6.92 Å². The summed E-state index contributed by atoms with van der Waals surface area (Å²) in [6.45, 7) is 4.19. The second kappa shape index (κ2) is 3.84. The molecule has 0 saturated carbocycles. The van der Waals surface area contributed by atoms with Crippen LogP contribution in [0.15, 0.2) is 17.2 Å². The average molecular weight is 207 g/mol. The Morgan fingerprint density at radius 2 is 2.20 bits per heavy atom. The third-order valence-corrected chi connectivity index (χ3v) is 2.50. The van der Waals surface area contributed by atoms with Crippen LogP contribution in [0, 0.1) is 0 Å². The molecule has 1 aliphatic rings. The molecule has 1 aromatic heterocycles. The van der Waals surface area contributed by atoms with Crippen molar-refractivity contribution in [3.8, 4) is 0 Å². The van der Waals surface area contributed by atoms with Crippen LogP contribution in [0.5, 0.6) is 0 Å². The second-order valence-corrected chi connectivity index (χ2v) is 3.60. The van der Waals surface area contributed by atoms with Gasteiger partial charge in [0.2, 0.25) is 0 Å². The maximum atomic E-state index is 11.9. The van der Waals surface area contributed by atoms with Gasteiger partial charge in [-0.3, -0.25) is 9.59 Å². The van der Waals surface area contributed by atoms with Gasteiger partial charge in [0.05, 0.1) is 6.33 Å². The van der Waals surface area contributed by atoms with E-state index in [1.54, 1.807) is 9.47 Å². The van der Waals surface area contributed by atoms with Gasteiger partial charge in [-0.2, -0.15) is 4.98 Å². The first kappa shape index (κ1) is 9.89. The van der Waals surface area contributed by atoms with Gasteiger partial charge in [0, 0.05) is 25.7 Å². The number of nitrogens with zero attached hydrogens (tertiary/aromatic N) is 3. The predicted octanol–water partition coefficient (Wildman–Crippen LogP) is 0.109. The molecule has 0 radical (unpaired) electrons. The fourth-order valence-electron chi connectivity index (χ4n) is 1.76. The Kier molecular flexibility index (Phi) is 2.53. The zero-order valence-corrected chi connectivity index (χ0v) is 8.64. The molecular weight excluding hydrogens is 194 g/mol. The van der Waals surface area contributed by atoms with Gasteiger partial charge in [0.25, 0.3) is 11.5 Å². The lowest BCUT2D eigenvalue weighted by Gasteiger charge is -2.28. The number of hydrogen-bond donors (Lipinski definition) is 0. The summed E-state index contributed by atoms with van der Waals surface area (Å²) >= 11 is 0. The Morgan fingerprint density at radius 3 is 2.93 bits per heavy atom. The molecule has 2 heterocycles. The maximum absolute atomic E-state index is 11.9. The average Bonchev–Trinajstić information content (AvgIpc) is 2.23. The summed E-state index contributed by atoms with van der Waals surface area (Å²) in [6.07, 6.45) is 2.37. The lowest BCUT2D eigenvalue weighted by Crippen LogP contribution is -2.42. The van der Waals surface area contributed by atoms with Crippen molar-refractivity contribution in [2.24, 2.45) is 0 Å². The van der Waals surface area contributed by atoms with Crippen LogP contribution in [-0.4, -0.2) is 33.4 Å². The molecule has 0 fully saturated rings. The molecule has 1 aliphatic heterocycles. The van der Waals surface area contributed by atoms with E-state index in [2.05, 4.69) is 4.98 Å². The van der Waals surface area contributed by atoms with E-state index in [0.29, 0.717) is 18.8 Å². The Morgan fingerprint density at radius 1 is 1.40 bits per heavy atom. The fraction of sp³-hybridized carbons (Fsp3) is 0.500. The second-order valence-electron chi connectivity index (χ2n) is 3.60. The molecule has 0 spiro atoms. The van der Waals surface area contributed by atoms with Crippen LogP contribution in [0.2, 0.25) is 0 Å². The highest BCUT2D eigenvalue weighted by Gasteiger charge is 2.23. The number of amides is 1. The molecule has 1 aromatic rings. The lowest BCUT2D eigenvalue weighted by molar-refractivity contribution is 0.0701. The van der Waals surface area contributed by atoms with Crippen LogP contribution in [0.1, 0.15) is 23.8 Å². The molecule has 0 bridgehead atoms. The van der Waals surface area contributed by atoms with E-state index in [-0.39, 0.29) is 11.5 Å². The molecular formula is C10H13N3O2. The molecule has 0 saturated heterocycles. The first-order valence-corrected chi connectivity index (χ1v) is 5.08. The Balaban J connectivity index is 2.36. The number of carbonyl (C=O) groups is 1. The monoisotopic (exact) mass is 207 g/mol. The largest absolute Gasteiger partial charge is 0.336 e. The van der Waals surface area contributed by atoms with Crippen molar-refractivity contribution in [2.75, 3.05) is 13.1 Å². The van der Waals surface area contributed by atoms with Crippen molar-refractivity contribution >= 4 is 5.91 Å². The van der Waals surface area contributed by atoms with E-state index >= 15 is 0 Å². The summed E-state index contributed by atoms with van der Waals surface area (Å²) in [5.41, 5.74) is 0.0997. The predicted molar refractivity (Wildman–Crippen MR) is 54.7 cm³/mol. The molecule has 0 aliphatic carbocycles. The highest BCUT2D eigenvalue weighted by molar-refractivity contribution is 5.93. The van der Waals surface area contributed by atoms with Crippen LogP contribution in [0.3, 0.4) is 0 Å². The van der Waals surface area contributed by atoms with Crippen molar-refractivity contribution < 1.29 is 4.79 Å². The number of fused-ring (bicyclic) bond motifs is 1. The Bertz CT molecular complexity index is 439. The van der Waals surface area contributed by atoms with Crippen molar-refractivity contribution in [1.82, 2.24) is 14.5 Å². The van der Waals surface area contributed by atoms with Gasteiger partial charge in [0.1, 0.15) is 5.69 Å². The Hall–Kier alpha value is -1.65. The van der Waals surface area contributed by atoms with E-state index in [0.717, 1.165) is 13.0 Å². The summed E-state index contributed by atoms with van der Waals surface area (Å²) in [5, 5.41) is 0. The van der Waals surface area contributed by atoms with Crippen molar-refractivity contribution in [3.63, 3.8) is 0 Å². The van der Waals surface area contributed by atoms with Crippen LogP contribution >= 0.6 is 0 Å². The molecule has 0 N–H and O–H groups in total. The van der Waals surface area contributed by atoms with Gasteiger partial charge in [0.15, 0.2) is 0 Å². The zero-order chi connectivity index (χ0) is 10.8. The molecule has 0 atom stereocenters. The molecule has 5 heteroatoms. The summed E-state index contributed by atoms with van der Waals surface area (Å²) < 4.78 is 1.73. The minimum atomic E-state index is -0.354. The van der Waals surface area contributed by atoms with E-state index in [4.69, 9.17) is 0 Å². The minimum absolute atomic E-state index is 0.0670. The number of carbonyl (C=O) groups excluding carboxylic acids is 1. The van der Waals surface area contributed by atoms with Crippen LogP contribution in [0.25, 0.3) is 0 Å². The summed E-state index contributed by atoms with van der Waals surface area (Å²) in [6, 6.07) is 1.31. The first-order valence-electron chi connectivity index (χ1n) is 5.08. The number of rotatable bonds is 2. The van der Waals surface area contributed by atoms with Gasteiger partial charge in [-0.15, -0.1) is 0 Å². The standard InChI is InChI=1S/C10H13N3O2/c1-2-3-12-4-5-13-7-11-9(14)6-8(13)10(12)15/h6-7H,2-5H2,1H3. The molecule has 5 nitrogen and oxygen atoms in total. The van der Waals surface area contributed by atoms with E-state index in [1.807, 2.05) is 6.92 Å². The van der Waals surface area contributed by atoms with E-state index < -0.39 is 0 Å². The van der Waals surface area contributed by atoms with E-state index in [9.17, 15) is 9.59 Å². The third-order valence-electron chi connectivity index (χ3n) is 2.50. The van der Waals surface area contributed by atoms with Gasteiger partial charge in [-0.25, -0.2) is 0 Å². The number of hydrogen-bond acceptors (Lipinski definition) is 3. The molecule has 15 heavy (non-hydrogen) atoms. The first-order chi connectivity index (χ1) is 7.22. The van der Waals surface area contributed by atoms with Crippen molar-refractivity contribution in [3.05, 3.63) is 28.4 Å². The van der Waals surface area contributed by atoms with E-state index in [1.165, 1.54) is 12.4 Å². The van der Waals surface area contributed by atoms with Gasteiger partial charge >= 0.3 is 0 Å². The quantitative estimate of drug-likeness (QED) is 0.691. The smallest absolute Gasteiger partial charge is 0.273 e. The molecule has 2 rings (SSSR count). The molecule has 80 valence electrons. The summed E-state index contributed by atoms with van der Waals surface area (Å²) in [4.78, 5) is 28.4. The number of aromatic nitrogens is 2. The summed E-state index contributed by atoms with van der Waals surface area (Å²) in [7, 11) is 0. The zero-order valence-electron chi connectivity index (χ0n) is 8.64. The molecule has 1 amide bonds. The Labute approximate surface area is 87.3 Å². The van der Waals surface area contributed by atoms with Crippen LogP contribution < -0.4 is 5.56 Å². The highest BCUT2D eigenvalue weighted by Crippen LogP contribution is 2.09. The summed E-state index contributed by atoms with van der Waals surface area (Å²) in [5.74, 6) is -0.0670. The minimum Gasteiger partial charge on any atom is -0.336 e. The van der Waals surface area contributed by atoms with Crippen molar-refractivity contribution in [1.29, 1.82) is 0 Å². The SMILES string of the molecule is CCCN1CCn2cnc(=O)cc2C1=O. The molecule has 0 aromatic carbocycles. The molecule has 0 unspecified atom stereocenters. The van der Waals surface area contributed by atoms with Crippen LogP contribution in [-0.2, 0) is 6.54 Å². The van der Waals surface area contributed by atoms with Crippen molar-refractivity contribution in [2.45, 2.75) is 19.9 Å². The normalized spacial score (nSPS) is 15.3. The highest BCUT2D eigenvalue weighted by atomic mass is 16.2.